The van der Waals surface area contributed by atoms with Gasteiger partial charge in [0.25, 0.3) is 0 Å². The van der Waals surface area contributed by atoms with Crippen molar-refractivity contribution in [2.24, 2.45) is 0 Å². The molecule has 0 fully saturated rings. The highest BCUT2D eigenvalue weighted by Crippen LogP contribution is 2.28. The minimum absolute atomic E-state index is 0.674. The Bertz CT molecular complexity index is 1060. The van der Waals surface area contributed by atoms with Crippen LogP contribution in [0.1, 0.15) is 0 Å². The van der Waals surface area contributed by atoms with Crippen LogP contribution in [0.25, 0.3) is 0 Å². The number of nitrogen functional groups attached to an aromatic ring is 2. The molecule has 0 saturated heterocycles. The van der Waals surface area contributed by atoms with E-state index in [2.05, 4.69) is 0 Å². The first-order valence-corrected chi connectivity index (χ1v) is 10.3. The van der Waals surface area contributed by atoms with Gasteiger partial charge >= 0.3 is 0 Å². The zero-order valence-electron chi connectivity index (χ0n) is 17.1. The van der Waals surface area contributed by atoms with E-state index in [4.69, 9.17) is 25.1 Å². The van der Waals surface area contributed by atoms with Gasteiger partial charge in [0.1, 0.15) is 23.0 Å². The first-order valence-electron chi connectivity index (χ1n) is 9.55. The van der Waals surface area contributed by atoms with Gasteiger partial charge in [0.05, 0.1) is 19.2 Å². The molecule has 4 aromatic rings. The molecule has 0 heterocycles. The molecule has 0 spiro atoms. The zero-order valence-corrected chi connectivity index (χ0v) is 17.9. The fourth-order valence-electron chi connectivity index (χ4n) is 2.46. The van der Waals surface area contributed by atoms with E-state index >= 15 is 0 Å². The molecular formula is C25H24N2O3S. The molecule has 31 heavy (non-hydrogen) atoms. The molecule has 0 amide bonds. The van der Waals surface area contributed by atoms with E-state index in [1.165, 1.54) is 12.0 Å². The predicted octanol–water partition coefficient (Wildman–Crippen LogP) is 6.42. The van der Waals surface area contributed by atoms with Gasteiger partial charge in [0.2, 0.25) is 0 Å². The van der Waals surface area contributed by atoms with Gasteiger partial charge < -0.3 is 25.1 Å². The maximum atomic E-state index is 5.76. The summed E-state index contributed by atoms with van der Waals surface area (Å²) in [4.78, 5) is 0.978. The SMILES string of the molecule is COc1ccc(OSc2ccc(Oc3cccc(N)c3)cc2)cc1.Nc1ccccc1. The van der Waals surface area contributed by atoms with Crippen molar-refractivity contribution in [3.8, 4) is 23.0 Å². The van der Waals surface area contributed by atoms with E-state index < -0.39 is 0 Å². The van der Waals surface area contributed by atoms with Crippen LogP contribution in [0.2, 0.25) is 0 Å². The first-order chi connectivity index (χ1) is 15.1. The van der Waals surface area contributed by atoms with Crippen LogP contribution in [0.3, 0.4) is 0 Å². The number of nitrogens with two attached hydrogens (primary N) is 2. The zero-order chi connectivity index (χ0) is 21.9. The molecule has 6 heteroatoms. The van der Waals surface area contributed by atoms with E-state index in [9.17, 15) is 0 Å². The van der Waals surface area contributed by atoms with Gasteiger partial charge in [-0.05, 0) is 72.8 Å². The lowest BCUT2D eigenvalue weighted by Crippen LogP contribution is -1.88. The van der Waals surface area contributed by atoms with E-state index in [0.29, 0.717) is 11.4 Å². The van der Waals surface area contributed by atoms with Gasteiger partial charge in [-0.2, -0.15) is 0 Å². The van der Waals surface area contributed by atoms with Crippen molar-refractivity contribution < 1.29 is 13.7 Å². The number of hydrogen-bond acceptors (Lipinski definition) is 6. The lowest BCUT2D eigenvalue weighted by Gasteiger charge is -2.08. The quantitative estimate of drug-likeness (QED) is 0.270. The molecule has 5 nitrogen and oxygen atoms in total. The molecule has 0 saturated carbocycles. The second-order valence-electron chi connectivity index (χ2n) is 6.40. The molecule has 4 rings (SSSR count). The third-order valence-corrected chi connectivity index (χ3v) is 4.75. The molecule has 0 aliphatic carbocycles. The smallest absolute Gasteiger partial charge is 0.138 e. The van der Waals surface area contributed by atoms with Crippen molar-refractivity contribution >= 4 is 23.4 Å². The molecule has 158 valence electrons. The third kappa shape index (κ3) is 7.53. The van der Waals surface area contributed by atoms with Crippen molar-refractivity contribution in [3.63, 3.8) is 0 Å². The first kappa shape index (κ1) is 21.9. The number of hydrogen-bond donors (Lipinski definition) is 2. The predicted molar refractivity (Wildman–Crippen MR) is 128 cm³/mol. The van der Waals surface area contributed by atoms with E-state index in [1.807, 2.05) is 97.1 Å². The average molecular weight is 433 g/mol. The average Bonchev–Trinajstić information content (AvgIpc) is 2.80. The maximum absolute atomic E-state index is 5.76. The second kappa shape index (κ2) is 11.4. The topological polar surface area (TPSA) is 79.7 Å². The second-order valence-corrected chi connectivity index (χ2v) is 7.20. The van der Waals surface area contributed by atoms with Gasteiger partial charge in [-0.15, -0.1) is 0 Å². The van der Waals surface area contributed by atoms with Gasteiger partial charge in [-0.3, -0.25) is 0 Å². The highest BCUT2D eigenvalue weighted by Gasteiger charge is 2.02. The van der Waals surface area contributed by atoms with Crippen molar-refractivity contribution in [1.29, 1.82) is 0 Å². The number of benzene rings is 4. The summed E-state index contributed by atoms with van der Waals surface area (Å²) in [6, 6.07) is 31.9. The third-order valence-electron chi connectivity index (χ3n) is 4.01. The van der Waals surface area contributed by atoms with Gasteiger partial charge in [-0.25, -0.2) is 0 Å². The normalized spacial score (nSPS) is 9.84. The molecule has 0 unspecified atom stereocenters. The number of rotatable bonds is 6. The van der Waals surface area contributed by atoms with Crippen LogP contribution >= 0.6 is 12.0 Å². The Morgan fingerprint density at radius 2 is 1.19 bits per heavy atom. The van der Waals surface area contributed by atoms with Crippen molar-refractivity contribution in [3.05, 3.63) is 103 Å². The minimum atomic E-state index is 0.674. The Kier molecular flexibility index (Phi) is 8.08. The maximum Gasteiger partial charge on any atom is 0.138 e. The fourth-order valence-corrected chi connectivity index (χ4v) is 3.01. The van der Waals surface area contributed by atoms with E-state index in [1.54, 1.807) is 13.2 Å². The molecule has 0 atom stereocenters. The molecule has 0 aliphatic rings. The van der Waals surface area contributed by atoms with Crippen LogP contribution in [0.15, 0.2) is 108 Å². The summed E-state index contributed by atoms with van der Waals surface area (Å²) in [6.45, 7) is 0. The highest BCUT2D eigenvalue weighted by atomic mass is 32.2. The number of methoxy groups -OCH3 is 1. The summed E-state index contributed by atoms with van der Waals surface area (Å²) >= 11 is 1.29. The summed E-state index contributed by atoms with van der Waals surface area (Å²) in [5.74, 6) is 3.02. The van der Waals surface area contributed by atoms with Gasteiger partial charge in [0.15, 0.2) is 0 Å². The van der Waals surface area contributed by atoms with Crippen LogP contribution in [0.4, 0.5) is 11.4 Å². The summed E-state index contributed by atoms with van der Waals surface area (Å²) in [5, 5.41) is 0. The molecule has 0 aromatic heterocycles. The van der Waals surface area contributed by atoms with Crippen LogP contribution < -0.4 is 25.1 Å². The van der Waals surface area contributed by atoms with Gasteiger partial charge in [-0.1, -0.05) is 24.3 Å². The minimum Gasteiger partial charge on any atom is -0.497 e. The van der Waals surface area contributed by atoms with Gasteiger partial charge in [0, 0.05) is 22.3 Å². The molecule has 0 bridgehead atoms. The van der Waals surface area contributed by atoms with Crippen molar-refractivity contribution in [2.75, 3.05) is 18.6 Å². The standard InChI is InChI=1S/C19H17NO3S.C6H7N/c1-21-15-5-7-17(8-6-15)23-24-19-11-9-16(10-12-19)22-18-4-2-3-14(20)13-18;7-6-4-2-1-3-5-6/h2-13H,20H2,1H3;1-5H,7H2. The van der Waals surface area contributed by atoms with Crippen LogP contribution in [0, 0.1) is 0 Å². The fraction of sp³-hybridized carbons (Fsp3) is 0.0400. The number of ether oxygens (including phenoxy) is 2. The largest absolute Gasteiger partial charge is 0.497 e. The number of anilines is 2. The molecule has 0 aliphatic heterocycles. The Labute approximate surface area is 186 Å². The Balaban J connectivity index is 0.000000330. The van der Waals surface area contributed by atoms with Crippen molar-refractivity contribution in [2.45, 2.75) is 4.90 Å². The molecular weight excluding hydrogens is 408 g/mol. The number of para-hydroxylation sites is 1. The summed E-state index contributed by atoms with van der Waals surface area (Å²) in [6.07, 6.45) is 0. The molecule has 0 radical (unpaired) electrons. The van der Waals surface area contributed by atoms with Crippen LogP contribution in [-0.2, 0) is 0 Å². The summed E-state index contributed by atoms with van der Waals surface area (Å²) in [5.41, 5.74) is 12.6. The summed E-state index contributed by atoms with van der Waals surface area (Å²) < 4.78 is 16.5. The Morgan fingerprint density at radius 3 is 1.77 bits per heavy atom. The van der Waals surface area contributed by atoms with Crippen LogP contribution in [-0.4, -0.2) is 7.11 Å². The molecule has 4 N–H and O–H groups in total. The van der Waals surface area contributed by atoms with E-state index in [-0.39, 0.29) is 0 Å². The molecule has 4 aromatic carbocycles. The lowest BCUT2D eigenvalue weighted by atomic mass is 10.3. The van der Waals surface area contributed by atoms with E-state index in [0.717, 1.165) is 27.8 Å². The lowest BCUT2D eigenvalue weighted by molar-refractivity contribution is 0.414. The Hall–Kier alpha value is -3.77. The Morgan fingerprint density at radius 1 is 0.581 bits per heavy atom. The van der Waals surface area contributed by atoms with Crippen LogP contribution in [0.5, 0.6) is 23.0 Å². The monoisotopic (exact) mass is 432 g/mol. The van der Waals surface area contributed by atoms with Crippen molar-refractivity contribution in [1.82, 2.24) is 0 Å². The highest BCUT2D eigenvalue weighted by molar-refractivity contribution is 7.95. The summed E-state index contributed by atoms with van der Waals surface area (Å²) in [7, 11) is 1.64.